The van der Waals surface area contributed by atoms with E-state index in [1.807, 2.05) is 24.3 Å². The number of unbranched alkanes of at least 4 members (excludes halogenated alkanes) is 1. The lowest BCUT2D eigenvalue weighted by atomic mass is 9.80. The van der Waals surface area contributed by atoms with Gasteiger partial charge in [-0.3, -0.25) is 0 Å². The number of hydrogen-bond acceptors (Lipinski definition) is 2. The van der Waals surface area contributed by atoms with Crippen LogP contribution < -0.4 is 4.74 Å². The standard InChI is InChI=1S/C16H24O2/c1-2-3-11-18-15-9-7-14(8-10-15)16(17)12-13-5-4-6-13/h7-10,13,16-17H,2-6,11-12H2,1H3. The van der Waals surface area contributed by atoms with Crippen LogP contribution in [0.1, 0.15) is 57.1 Å². The van der Waals surface area contributed by atoms with Crippen LogP contribution in [0.5, 0.6) is 5.75 Å². The molecule has 1 N–H and O–H groups in total. The molecule has 0 aliphatic heterocycles. The van der Waals surface area contributed by atoms with E-state index in [9.17, 15) is 5.11 Å². The number of aliphatic hydroxyl groups excluding tert-OH is 1. The van der Waals surface area contributed by atoms with Gasteiger partial charge in [-0.25, -0.2) is 0 Å². The highest BCUT2D eigenvalue weighted by atomic mass is 16.5. The van der Waals surface area contributed by atoms with Gasteiger partial charge in [0.15, 0.2) is 0 Å². The number of ether oxygens (including phenoxy) is 1. The summed E-state index contributed by atoms with van der Waals surface area (Å²) in [6.07, 6.45) is 6.76. The molecule has 1 saturated carbocycles. The Morgan fingerprint density at radius 3 is 2.56 bits per heavy atom. The third kappa shape index (κ3) is 3.74. The molecule has 0 spiro atoms. The normalized spacial score (nSPS) is 17.2. The number of benzene rings is 1. The van der Waals surface area contributed by atoms with Gasteiger partial charge in [-0.1, -0.05) is 44.7 Å². The van der Waals surface area contributed by atoms with Crippen molar-refractivity contribution in [1.29, 1.82) is 0 Å². The first kappa shape index (κ1) is 13.4. The van der Waals surface area contributed by atoms with Crippen LogP contribution in [-0.2, 0) is 0 Å². The number of hydrogen-bond donors (Lipinski definition) is 1. The van der Waals surface area contributed by atoms with E-state index in [0.717, 1.165) is 43.1 Å². The van der Waals surface area contributed by atoms with Crippen molar-refractivity contribution in [3.63, 3.8) is 0 Å². The lowest BCUT2D eigenvalue weighted by molar-refractivity contribution is 0.118. The predicted octanol–water partition coefficient (Wildman–Crippen LogP) is 4.09. The van der Waals surface area contributed by atoms with Crippen molar-refractivity contribution in [3.05, 3.63) is 29.8 Å². The highest BCUT2D eigenvalue weighted by molar-refractivity contribution is 5.28. The molecule has 0 heterocycles. The average Bonchev–Trinajstić information content (AvgIpc) is 2.35. The van der Waals surface area contributed by atoms with Gasteiger partial charge in [0.1, 0.15) is 5.75 Å². The summed E-state index contributed by atoms with van der Waals surface area (Å²) in [4.78, 5) is 0. The van der Waals surface area contributed by atoms with Gasteiger partial charge < -0.3 is 9.84 Å². The summed E-state index contributed by atoms with van der Waals surface area (Å²) in [6, 6.07) is 7.92. The van der Waals surface area contributed by atoms with Crippen molar-refractivity contribution in [2.45, 2.75) is 51.6 Å². The Bertz CT molecular complexity index is 341. The molecule has 1 atom stereocenters. The Kier molecular flexibility index (Phi) is 5.06. The predicted molar refractivity (Wildman–Crippen MR) is 73.8 cm³/mol. The first-order chi connectivity index (χ1) is 8.79. The second-order valence-electron chi connectivity index (χ2n) is 5.32. The van der Waals surface area contributed by atoms with Crippen molar-refractivity contribution in [2.24, 2.45) is 5.92 Å². The zero-order chi connectivity index (χ0) is 12.8. The van der Waals surface area contributed by atoms with Crippen LogP contribution >= 0.6 is 0 Å². The molecule has 2 heteroatoms. The van der Waals surface area contributed by atoms with Gasteiger partial charge in [0.2, 0.25) is 0 Å². The van der Waals surface area contributed by atoms with Crippen molar-refractivity contribution in [3.8, 4) is 5.75 Å². The Labute approximate surface area is 110 Å². The molecule has 100 valence electrons. The van der Waals surface area contributed by atoms with E-state index in [2.05, 4.69) is 6.92 Å². The fourth-order valence-corrected chi connectivity index (χ4v) is 2.30. The summed E-state index contributed by atoms with van der Waals surface area (Å²) in [7, 11) is 0. The molecule has 0 radical (unpaired) electrons. The number of rotatable bonds is 7. The molecular weight excluding hydrogens is 224 g/mol. The van der Waals surface area contributed by atoms with Gasteiger partial charge in [-0.15, -0.1) is 0 Å². The molecule has 1 aliphatic rings. The summed E-state index contributed by atoms with van der Waals surface area (Å²) in [5.74, 6) is 1.64. The average molecular weight is 248 g/mol. The fraction of sp³-hybridized carbons (Fsp3) is 0.625. The minimum atomic E-state index is -0.306. The van der Waals surface area contributed by atoms with Crippen LogP contribution in [0.4, 0.5) is 0 Å². The molecule has 0 bridgehead atoms. The topological polar surface area (TPSA) is 29.5 Å². The second-order valence-corrected chi connectivity index (χ2v) is 5.32. The summed E-state index contributed by atoms with van der Waals surface area (Å²) in [6.45, 7) is 2.93. The van der Waals surface area contributed by atoms with Crippen molar-refractivity contribution in [1.82, 2.24) is 0 Å². The van der Waals surface area contributed by atoms with Gasteiger partial charge in [0.25, 0.3) is 0 Å². The van der Waals surface area contributed by atoms with E-state index in [1.165, 1.54) is 19.3 Å². The highest BCUT2D eigenvalue weighted by Gasteiger charge is 2.21. The zero-order valence-corrected chi connectivity index (χ0v) is 11.3. The van der Waals surface area contributed by atoms with Crippen molar-refractivity contribution >= 4 is 0 Å². The first-order valence-corrected chi connectivity index (χ1v) is 7.20. The van der Waals surface area contributed by atoms with Gasteiger partial charge in [-0.05, 0) is 36.5 Å². The minimum Gasteiger partial charge on any atom is -0.494 e. The van der Waals surface area contributed by atoms with Crippen LogP contribution in [0, 0.1) is 5.92 Å². The number of aliphatic hydroxyl groups is 1. The van der Waals surface area contributed by atoms with E-state index < -0.39 is 0 Å². The van der Waals surface area contributed by atoms with Crippen LogP contribution in [0.15, 0.2) is 24.3 Å². The van der Waals surface area contributed by atoms with Crippen LogP contribution in [0.25, 0.3) is 0 Å². The summed E-state index contributed by atoms with van der Waals surface area (Å²) in [5.41, 5.74) is 1.02. The summed E-state index contributed by atoms with van der Waals surface area (Å²) < 4.78 is 5.61. The molecule has 1 aromatic carbocycles. The molecule has 0 amide bonds. The molecule has 2 rings (SSSR count). The lowest BCUT2D eigenvalue weighted by Gasteiger charge is -2.27. The largest absolute Gasteiger partial charge is 0.494 e. The molecule has 1 fully saturated rings. The lowest BCUT2D eigenvalue weighted by Crippen LogP contribution is -2.14. The third-order valence-corrected chi connectivity index (χ3v) is 3.81. The Balaban J connectivity index is 1.81. The molecule has 1 aliphatic carbocycles. The smallest absolute Gasteiger partial charge is 0.119 e. The van der Waals surface area contributed by atoms with E-state index in [1.54, 1.807) is 0 Å². The van der Waals surface area contributed by atoms with Gasteiger partial charge in [0, 0.05) is 0 Å². The van der Waals surface area contributed by atoms with E-state index in [4.69, 9.17) is 4.74 Å². The third-order valence-electron chi connectivity index (χ3n) is 3.81. The van der Waals surface area contributed by atoms with E-state index in [0.29, 0.717) is 0 Å². The maximum Gasteiger partial charge on any atom is 0.119 e. The SMILES string of the molecule is CCCCOc1ccc(C(O)CC2CCC2)cc1. The van der Waals surface area contributed by atoms with Crippen molar-refractivity contribution in [2.75, 3.05) is 6.61 Å². The van der Waals surface area contributed by atoms with Gasteiger partial charge in [-0.2, -0.15) is 0 Å². The highest BCUT2D eigenvalue weighted by Crippen LogP contribution is 2.34. The molecule has 0 saturated heterocycles. The van der Waals surface area contributed by atoms with E-state index >= 15 is 0 Å². The minimum absolute atomic E-state index is 0.306. The molecule has 0 aromatic heterocycles. The summed E-state index contributed by atoms with van der Waals surface area (Å²) >= 11 is 0. The van der Waals surface area contributed by atoms with Crippen LogP contribution in [0.3, 0.4) is 0 Å². The fourth-order valence-electron chi connectivity index (χ4n) is 2.30. The molecule has 1 aromatic rings. The van der Waals surface area contributed by atoms with Crippen molar-refractivity contribution < 1.29 is 9.84 Å². The second kappa shape index (κ2) is 6.79. The van der Waals surface area contributed by atoms with Gasteiger partial charge >= 0.3 is 0 Å². The Morgan fingerprint density at radius 1 is 1.28 bits per heavy atom. The molecule has 2 nitrogen and oxygen atoms in total. The molecular formula is C16H24O2. The Hall–Kier alpha value is -1.02. The van der Waals surface area contributed by atoms with Gasteiger partial charge in [0.05, 0.1) is 12.7 Å². The van der Waals surface area contributed by atoms with Crippen LogP contribution in [0.2, 0.25) is 0 Å². The summed E-state index contributed by atoms with van der Waals surface area (Å²) in [5, 5.41) is 10.1. The zero-order valence-electron chi connectivity index (χ0n) is 11.3. The van der Waals surface area contributed by atoms with E-state index in [-0.39, 0.29) is 6.10 Å². The maximum atomic E-state index is 10.1. The Morgan fingerprint density at radius 2 is 2.00 bits per heavy atom. The quantitative estimate of drug-likeness (QED) is 0.736. The maximum absolute atomic E-state index is 10.1. The molecule has 1 unspecified atom stereocenters. The van der Waals surface area contributed by atoms with Crippen LogP contribution in [-0.4, -0.2) is 11.7 Å². The molecule has 18 heavy (non-hydrogen) atoms. The first-order valence-electron chi connectivity index (χ1n) is 7.20. The monoisotopic (exact) mass is 248 g/mol.